The van der Waals surface area contributed by atoms with E-state index < -0.39 is 42.1 Å². The molecule has 0 bridgehead atoms. The van der Waals surface area contributed by atoms with Crippen molar-refractivity contribution in [2.75, 3.05) is 0 Å². The summed E-state index contributed by atoms with van der Waals surface area (Å²) in [7, 11) is 0. The van der Waals surface area contributed by atoms with Crippen molar-refractivity contribution in [1.29, 1.82) is 0 Å². The topological polar surface area (TPSA) is 125 Å². The summed E-state index contributed by atoms with van der Waals surface area (Å²) in [4.78, 5) is 29.0. The molecule has 8 nitrogen and oxygen atoms in total. The van der Waals surface area contributed by atoms with Crippen LogP contribution in [0.15, 0.2) is 79.1 Å². The SMILES string of the molecule is CC(C)n1c(/C=C/[C@H](O)C[C@@H](O)CC(=O)O)c(-c2ccc(F)cc2)c(-c2ccc(F)cc2)c1C(=O)NCc1cccnc1. The molecule has 4 N–H and O–H groups in total. The molecule has 0 saturated carbocycles. The standard InChI is InChI=1S/C33H33F2N3O5/c1-20(2)38-28(14-13-26(39)16-27(40)17-29(41)42)30(22-5-9-24(34)10-6-22)31(23-7-11-25(35)12-8-23)32(38)33(43)37-19-21-4-3-15-36-18-21/h3-15,18,20,26-27,39-40H,16-17,19H2,1-2H3,(H,37,43)(H,41,42)/b14-13+/t26-,27+/m0/s1. The second-order valence-corrected chi connectivity index (χ2v) is 10.4. The molecular weight excluding hydrogens is 556 g/mol. The molecule has 0 radical (unpaired) electrons. The van der Waals surface area contributed by atoms with Crippen LogP contribution in [0.1, 0.15) is 54.5 Å². The van der Waals surface area contributed by atoms with Gasteiger partial charge in [-0.15, -0.1) is 0 Å². The predicted octanol–water partition coefficient (Wildman–Crippen LogP) is 5.61. The molecule has 224 valence electrons. The van der Waals surface area contributed by atoms with Crippen molar-refractivity contribution >= 4 is 18.0 Å². The lowest BCUT2D eigenvalue weighted by Crippen LogP contribution is -2.27. The van der Waals surface area contributed by atoms with Crippen molar-refractivity contribution in [3.63, 3.8) is 0 Å². The molecule has 0 aliphatic heterocycles. The molecule has 2 aromatic carbocycles. The first-order valence-corrected chi connectivity index (χ1v) is 13.8. The smallest absolute Gasteiger partial charge is 0.305 e. The Kier molecular flexibility index (Phi) is 10.2. The van der Waals surface area contributed by atoms with E-state index in [1.165, 1.54) is 30.3 Å². The first-order chi connectivity index (χ1) is 20.5. The molecular formula is C33H33F2N3O5. The number of halogens is 2. The van der Waals surface area contributed by atoms with Gasteiger partial charge in [0.15, 0.2) is 0 Å². The quantitative estimate of drug-likeness (QED) is 0.170. The van der Waals surface area contributed by atoms with E-state index in [1.807, 2.05) is 19.9 Å². The number of pyridine rings is 1. The highest BCUT2D eigenvalue weighted by Gasteiger charge is 2.29. The van der Waals surface area contributed by atoms with Crippen LogP contribution in [-0.2, 0) is 11.3 Å². The molecule has 10 heteroatoms. The van der Waals surface area contributed by atoms with Crippen LogP contribution in [0.3, 0.4) is 0 Å². The Hall–Kier alpha value is -4.67. The van der Waals surface area contributed by atoms with Crippen LogP contribution in [0, 0.1) is 11.6 Å². The van der Waals surface area contributed by atoms with Gasteiger partial charge in [0.1, 0.15) is 17.3 Å². The highest BCUT2D eigenvalue weighted by Crippen LogP contribution is 2.42. The first kappa shape index (κ1) is 31.3. The minimum atomic E-state index is -1.27. The average Bonchev–Trinajstić information content (AvgIpc) is 3.31. The fraction of sp³-hybridized carbons (Fsp3) is 0.242. The molecule has 0 fully saturated rings. The van der Waals surface area contributed by atoms with Crippen molar-refractivity contribution in [3.8, 4) is 22.3 Å². The van der Waals surface area contributed by atoms with E-state index in [0.29, 0.717) is 27.9 Å². The number of aliphatic hydroxyl groups is 2. The van der Waals surface area contributed by atoms with Gasteiger partial charge in [0, 0.05) is 48.2 Å². The van der Waals surface area contributed by atoms with Crippen LogP contribution in [0.5, 0.6) is 0 Å². The van der Waals surface area contributed by atoms with Crippen molar-refractivity contribution in [1.82, 2.24) is 14.9 Å². The number of nitrogens with zero attached hydrogens (tertiary/aromatic N) is 2. The number of hydrogen-bond donors (Lipinski definition) is 4. The Bertz CT molecular complexity index is 1580. The number of hydrogen-bond acceptors (Lipinski definition) is 5. The van der Waals surface area contributed by atoms with E-state index in [-0.39, 0.29) is 24.7 Å². The zero-order valence-corrected chi connectivity index (χ0v) is 23.7. The minimum Gasteiger partial charge on any atom is -0.481 e. The van der Waals surface area contributed by atoms with E-state index in [0.717, 1.165) is 5.56 Å². The molecule has 1 amide bonds. The van der Waals surface area contributed by atoms with Crippen LogP contribution in [0.25, 0.3) is 28.3 Å². The van der Waals surface area contributed by atoms with Crippen LogP contribution >= 0.6 is 0 Å². The molecule has 4 rings (SSSR count). The number of aliphatic carboxylic acids is 1. The highest BCUT2D eigenvalue weighted by atomic mass is 19.1. The normalized spacial score (nSPS) is 12.9. The molecule has 2 atom stereocenters. The van der Waals surface area contributed by atoms with Crippen LogP contribution in [-0.4, -0.2) is 49.0 Å². The van der Waals surface area contributed by atoms with Crippen LogP contribution in [0.4, 0.5) is 8.78 Å². The van der Waals surface area contributed by atoms with Crippen molar-refractivity contribution in [2.45, 2.75) is 51.5 Å². The lowest BCUT2D eigenvalue weighted by atomic mass is 9.94. The van der Waals surface area contributed by atoms with E-state index in [4.69, 9.17) is 5.11 Å². The summed E-state index contributed by atoms with van der Waals surface area (Å²) in [5.41, 5.74) is 3.68. The number of rotatable bonds is 12. The third-order valence-corrected chi connectivity index (χ3v) is 6.82. The number of carbonyl (C=O) groups is 2. The largest absolute Gasteiger partial charge is 0.481 e. The lowest BCUT2D eigenvalue weighted by Gasteiger charge is -2.17. The van der Waals surface area contributed by atoms with Crippen molar-refractivity contribution in [3.05, 3.63) is 108 Å². The number of benzene rings is 2. The number of aliphatic hydroxyl groups excluding tert-OH is 2. The van der Waals surface area contributed by atoms with Gasteiger partial charge in [-0.05, 0) is 66.9 Å². The molecule has 2 heterocycles. The second kappa shape index (κ2) is 14.0. The zero-order valence-electron chi connectivity index (χ0n) is 23.7. The number of nitrogens with one attached hydrogen (secondary N) is 1. The Morgan fingerprint density at radius 1 is 0.953 bits per heavy atom. The summed E-state index contributed by atoms with van der Waals surface area (Å²) >= 11 is 0. The van der Waals surface area contributed by atoms with Gasteiger partial charge in [-0.25, -0.2) is 8.78 Å². The van der Waals surface area contributed by atoms with E-state index in [1.54, 1.807) is 53.4 Å². The lowest BCUT2D eigenvalue weighted by molar-refractivity contribution is -0.139. The summed E-state index contributed by atoms with van der Waals surface area (Å²) in [6.07, 6.45) is 3.06. The molecule has 0 aliphatic carbocycles. The number of carbonyl (C=O) groups excluding carboxylic acids is 1. The van der Waals surface area contributed by atoms with E-state index >= 15 is 0 Å². The summed E-state index contributed by atoms with van der Waals surface area (Å²) in [6.45, 7) is 3.95. The summed E-state index contributed by atoms with van der Waals surface area (Å²) in [5, 5.41) is 32.6. The molecule has 0 spiro atoms. The third-order valence-electron chi connectivity index (χ3n) is 6.82. The Morgan fingerprint density at radius 3 is 2.09 bits per heavy atom. The Labute approximate surface area is 248 Å². The molecule has 0 saturated heterocycles. The van der Waals surface area contributed by atoms with Crippen molar-refractivity contribution < 1.29 is 33.7 Å². The number of carboxylic acid groups (broad SMARTS) is 1. The molecule has 2 aromatic heterocycles. The summed E-state index contributed by atoms with van der Waals surface area (Å²) in [6, 6.07) is 14.7. The first-order valence-electron chi connectivity index (χ1n) is 13.8. The monoisotopic (exact) mass is 589 g/mol. The third kappa shape index (κ3) is 7.79. The molecule has 4 aromatic rings. The predicted molar refractivity (Wildman–Crippen MR) is 159 cm³/mol. The van der Waals surface area contributed by atoms with Gasteiger partial charge in [0.05, 0.1) is 18.6 Å². The Balaban J connectivity index is 1.93. The van der Waals surface area contributed by atoms with Gasteiger partial charge in [0.2, 0.25) is 0 Å². The van der Waals surface area contributed by atoms with Crippen LogP contribution < -0.4 is 5.32 Å². The van der Waals surface area contributed by atoms with Gasteiger partial charge < -0.3 is 25.2 Å². The van der Waals surface area contributed by atoms with Gasteiger partial charge in [-0.3, -0.25) is 14.6 Å². The second-order valence-electron chi connectivity index (χ2n) is 10.4. The average molecular weight is 590 g/mol. The summed E-state index contributed by atoms with van der Waals surface area (Å²) in [5.74, 6) is -2.52. The maximum atomic E-state index is 14.0. The van der Waals surface area contributed by atoms with Gasteiger partial charge in [-0.2, -0.15) is 0 Å². The van der Waals surface area contributed by atoms with Gasteiger partial charge >= 0.3 is 5.97 Å². The van der Waals surface area contributed by atoms with E-state index in [2.05, 4.69) is 10.3 Å². The van der Waals surface area contributed by atoms with Crippen LogP contribution in [0.2, 0.25) is 0 Å². The number of amides is 1. The van der Waals surface area contributed by atoms with Crippen molar-refractivity contribution in [2.24, 2.45) is 0 Å². The fourth-order valence-corrected chi connectivity index (χ4v) is 4.95. The molecule has 0 aliphatic rings. The highest BCUT2D eigenvalue weighted by molar-refractivity contribution is 6.06. The number of carboxylic acids is 1. The molecule has 0 unspecified atom stereocenters. The maximum absolute atomic E-state index is 14.0. The molecule has 43 heavy (non-hydrogen) atoms. The zero-order chi connectivity index (χ0) is 31.1. The Morgan fingerprint density at radius 2 is 1.56 bits per heavy atom. The minimum absolute atomic E-state index is 0.191. The number of aromatic nitrogens is 2. The maximum Gasteiger partial charge on any atom is 0.305 e. The van der Waals surface area contributed by atoms with Gasteiger partial charge in [0.25, 0.3) is 5.91 Å². The van der Waals surface area contributed by atoms with Gasteiger partial charge in [-0.1, -0.05) is 36.4 Å². The van der Waals surface area contributed by atoms with E-state index in [9.17, 15) is 28.6 Å². The fourth-order valence-electron chi connectivity index (χ4n) is 4.95. The summed E-state index contributed by atoms with van der Waals surface area (Å²) < 4.78 is 29.8.